The van der Waals surface area contributed by atoms with Crippen molar-refractivity contribution in [1.82, 2.24) is 24.9 Å². The molecule has 0 radical (unpaired) electrons. The molecule has 120 heavy (non-hydrogen) atoms. The molecule has 0 N–H and O–H groups in total. The van der Waals surface area contributed by atoms with Crippen LogP contribution in [0.25, 0.3) is 113 Å². The number of aryl methyl sites for hydroxylation is 18. The average molecular weight is 1580 g/mol. The Morgan fingerprint density at radius 2 is 0.583 bits per heavy atom. The van der Waals surface area contributed by atoms with Crippen LogP contribution in [0.3, 0.4) is 0 Å². The maximum atomic E-state index is 4.82. The van der Waals surface area contributed by atoms with Gasteiger partial charge in [0.15, 0.2) is 28.5 Å². The zero-order valence-electron chi connectivity index (χ0n) is 74.6. The Morgan fingerprint density at radius 1 is 0.258 bits per heavy atom. The monoisotopic (exact) mass is 1580 g/mol. The van der Waals surface area contributed by atoms with Gasteiger partial charge < -0.3 is 0 Å². The molecule has 5 aliphatic rings. The topological polar surface area (TPSA) is 83.8 Å². The van der Waals surface area contributed by atoms with E-state index < -0.39 is 0 Å². The number of rotatable bonds is 8. The molecule has 0 atom stereocenters. The molecule has 0 fully saturated rings. The van der Waals surface area contributed by atoms with Gasteiger partial charge in [-0.25, -0.2) is 22.8 Å². The Bertz CT molecular complexity index is 6650. The lowest BCUT2D eigenvalue weighted by Gasteiger charge is -2.11. The Labute approximate surface area is 711 Å². The van der Waals surface area contributed by atoms with Gasteiger partial charge in [-0.15, -0.1) is 0 Å². The summed E-state index contributed by atoms with van der Waals surface area (Å²) in [5.41, 5.74) is 59.2. The third kappa shape index (κ3) is 15.4. The second-order valence-corrected chi connectivity index (χ2v) is 35.6. The van der Waals surface area contributed by atoms with Gasteiger partial charge in [-0.1, -0.05) is 206 Å². The first-order valence-corrected chi connectivity index (χ1v) is 42.8. The van der Waals surface area contributed by atoms with Crippen LogP contribution in [-0.2, 0) is 73.8 Å². The highest BCUT2D eigenvalue weighted by Crippen LogP contribution is 2.47. The van der Waals surface area contributed by atoms with E-state index in [9.17, 15) is 0 Å². The van der Waals surface area contributed by atoms with E-state index in [-0.39, 0.29) is 0 Å². The quantitative estimate of drug-likeness (QED) is 0.142. The van der Waals surface area contributed by atoms with Crippen LogP contribution in [0, 0.1) is 95.9 Å². The normalized spacial score (nSPS) is 12.3. The molecule has 10 aromatic carbocycles. The van der Waals surface area contributed by atoms with Gasteiger partial charge in [-0.05, 0) is 248 Å². The van der Waals surface area contributed by atoms with Crippen molar-refractivity contribution in [2.24, 2.45) is 41.2 Å². The van der Waals surface area contributed by atoms with Gasteiger partial charge in [0, 0.05) is 87.7 Å². The number of nitrogens with zero attached hydrogens (tertiary/aromatic N) is 10. The van der Waals surface area contributed by atoms with Crippen LogP contribution in [0.4, 0.5) is 0 Å². The first-order valence-electron chi connectivity index (χ1n) is 42.8. The van der Waals surface area contributed by atoms with Gasteiger partial charge in [-0.2, -0.15) is 0 Å². The molecule has 5 aromatic heterocycles. The second kappa shape index (κ2) is 33.1. The van der Waals surface area contributed by atoms with E-state index in [1.54, 1.807) is 0 Å². The third-order valence-corrected chi connectivity index (χ3v) is 25.3. The largest absolute Gasteiger partial charge is 0.287 e. The summed E-state index contributed by atoms with van der Waals surface area (Å²) >= 11 is 0. The number of fused-ring (bicyclic) bond motifs is 15. The zero-order valence-corrected chi connectivity index (χ0v) is 74.6. The van der Waals surface area contributed by atoms with Crippen LogP contribution in [0.5, 0.6) is 0 Å². The van der Waals surface area contributed by atoms with E-state index in [4.69, 9.17) is 24.9 Å². The number of aromatic nitrogens is 10. The number of hydrogen-bond donors (Lipinski definition) is 0. The molecular weight excluding hydrogens is 1460 g/mol. The number of hydrogen-bond acceptors (Lipinski definition) is 5. The molecule has 0 amide bonds. The second-order valence-electron chi connectivity index (χ2n) is 35.6. The lowest BCUT2D eigenvalue weighted by molar-refractivity contribution is -0.663. The Morgan fingerprint density at radius 3 is 1.02 bits per heavy atom. The fourth-order valence-corrected chi connectivity index (χ4v) is 19.3. The van der Waals surface area contributed by atoms with E-state index in [0.29, 0.717) is 11.8 Å². The smallest absolute Gasteiger partial charge is 0.232 e. The average Bonchev–Trinajstić information content (AvgIpc) is 1.71. The fourth-order valence-electron chi connectivity index (χ4n) is 19.3. The molecular formula is C110H115N10+5. The summed E-state index contributed by atoms with van der Waals surface area (Å²) in [4.78, 5) is 23.9. The van der Waals surface area contributed by atoms with Crippen molar-refractivity contribution in [2.45, 2.75) is 162 Å². The predicted octanol–water partition coefficient (Wildman–Crippen LogP) is 22.1. The van der Waals surface area contributed by atoms with E-state index in [0.717, 1.165) is 61.3 Å². The predicted molar refractivity (Wildman–Crippen MR) is 490 cm³/mol. The van der Waals surface area contributed by atoms with Gasteiger partial charge in [0.25, 0.3) is 31.6 Å². The van der Waals surface area contributed by atoms with Gasteiger partial charge in [0.1, 0.15) is 28.5 Å². The minimum atomic E-state index is 0.530. The van der Waals surface area contributed by atoms with Gasteiger partial charge in [-0.3, -0.25) is 0 Å². The highest BCUT2D eigenvalue weighted by Gasteiger charge is 2.38. The van der Waals surface area contributed by atoms with Crippen LogP contribution < -0.4 is 22.8 Å². The van der Waals surface area contributed by atoms with E-state index in [1.807, 2.05) is 31.6 Å². The van der Waals surface area contributed by atoms with Crippen molar-refractivity contribution in [3.8, 4) is 113 Å². The van der Waals surface area contributed by atoms with Crippen molar-refractivity contribution < 1.29 is 22.8 Å². The Hall–Kier alpha value is -12.4. The van der Waals surface area contributed by atoms with Crippen LogP contribution in [0.15, 0.2) is 214 Å². The molecule has 0 bridgehead atoms. The highest BCUT2D eigenvalue weighted by atomic mass is 15.0. The van der Waals surface area contributed by atoms with Crippen molar-refractivity contribution in [1.29, 1.82) is 0 Å². The summed E-state index contributed by atoms with van der Waals surface area (Å²) < 4.78 is 10.9. The fraction of sp³-hybridized carbons (Fsp3) is 0.273. The van der Waals surface area contributed by atoms with Crippen LogP contribution in [-0.4, -0.2) is 24.9 Å². The van der Waals surface area contributed by atoms with Gasteiger partial charge in [0.05, 0.1) is 63.1 Å². The van der Waals surface area contributed by atoms with E-state index in [1.165, 1.54) is 229 Å². The number of benzene rings is 10. The molecule has 600 valence electrons. The molecule has 15 aromatic rings. The summed E-state index contributed by atoms with van der Waals surface area (Å²) in [5.74, 6) is 1.19. The Balaban J connectivity index is 0.000000112. The standard InChI is InChI=1S/C24H27N2.C23H25N2.3C21H21N2/c1-15(2)11-18-7-6-8-19-21(18)13-22-23(19)25-14-26(5)24(22)20-12-16(3)9-10-17(20)4;1-14(2)17-7-6-8-18-20(17)12-21-22(18)24-13-25(5)23(21)19-11-15(3)9-10-16(19)4;1-13-6-8-17-16(9-13)11-19-20(17)22-12-23(4)21(19)18-10-14(2)5-7-15(18)3;1-13-5-7-15(3)17(9-13)21-19-11-16-8-6-14(2)10-18(16)20(19)22-12-23(21)4;1-13-8-9-14(2)17(10-13)21-18-11-16-7-5-6-15(3)19(16)20(18)22-12-23(21)4/h6-10,12,14-15H,11,13H2,1-5H3;6-11,13-14H,12H2,1-5H3;3*5-10,12H,11H2,1-4H3/q5*+1. The third-order valence-electron chi connectivity index (χ3n) is 25.3. The van der Waals surface area contributed by atoms with Crippen molar-refractivity contribution >= 4 is 0 Å². The molecule has 5 aliphatic carbocycles. The molecule has 0 spiro atoms. The molecule has 5 heterocycles. The van der Waals surface area contributed by atoms with Crippen molar-refractivity contribution in [3.63, 3.8) is 0 Å². The lowest BCUT2D eigenvalue weighted by Crippen LogP contribution is -2.33. The van der Waals surface area contributed by atoms with Crippen LogP contribution in [0.1, 0.15) is 173 Å². The molecule has 0 aliphatic heterocycles. The first kappa shape index (κ1) is 81.3. The van der Waals surface area contributed by atoms with Crippen molar-refractivity contribution in [2.75, 3.05) is 0 Å². The first-order chi connectivity index (χ1) is 57.6. The summed E-state index contributed by atoms with van der Waals surface area (Å²) in [6, 6.07) is 66.9. The van der Waals surface area contributed by atoms with Crippen LogP contribution in [0.2, 0.25) is 0 Å². The molecule has 10 nitrogen and oxygen atoms in total. The van der Waals surface area contributed by atoms with E-state index in [2.05, 4.69) is 358 Å². The minimum absolute atomic E-state index is 0.530. The van der Waals surface area contributed by atoms with E-state index >= 15 is 0 Å². The lowest BCUT2D eigenvalue weighted by atomic mass is 9.93. The molecule has 0 saturated carbocycles. The summed E-state index contributed by atoms with van der Waals surface area (Å²) in [5, 5.41) is 0. The molecule has 0 saturated heterocycles. The van der Waals surface area contributed by atoms with Crippen LogP contribution >= 0.6 is 0 Å². The highest BCUT2D eigenvalue weighted by molar-refractivity contribution is 5.86. The molecule has 0 unspecified atom stereocenters. The zero-order chi connectivity index (χ0) is 84.5. The summed E-state index contributed by atoms with van der Waals surface area (Å²) in [6.07, 6.45) is 15.8. The summed E-state index contributed by atoms with van der Waals surface area (Å²) in [6.45, 7) is 37.4. The van der Waals surface area contributed by atoms with Gasteiger partial charge in [0.2, 0.25) is 0 Å². The maximum Gasteiger partial charge on any atom is 0.287 e. The molecule has 10 heteroatoms. The SMILES string of the molecule is Cc1ccc(C)c(-c2c3c(nc[n+]2C)-c2c(C)cccc2C3)c1.Cc1ccc(C)c(-c2c3c(nc[n+]2C)-c2cc(C)ccc2C3)c1.Cc1ccc(C)c(-c2c3c(nc[n+]2C)-c2cccc(C(C)C)c2C3)c1.Cc1ccc(C)c(-c2c3c(nc[n+]2C)-c2cccc(CC(C)C)c2C3)c1.Cc1ccc2c(c1)Cc1c-2nc[n+](C)c1-c1cc(C)ccc1C. The van der Waals surface area contributed by atoms with Gasteiger partial charge >= 0.3 is 0 Å². The minimum Gasteiger partial charge on any atom is -0.232 e. The molecule has 20 rings (SSSR count). The Kier molecular flexibility index (Phi) is 22.4. The van der Waals surface area contributed by atoms with Crippen molar-refractivity contribution in [3.05, 3.63) is 353 Å². The summed E-state index contributed by atoms with van der Waals surface area (Å²) in [7, 11) is 10.5. The maximum absolute atomic E-state index is 4.82.